The van der Waals surface area contributed by atoms with Crippen molar-refractivity contribution in [3.63, 3.8) is 0 Å². The van der Waals surface area contributed by atoms with Gasteiger partial charge in [-0.15, -0.1) is 11.7 Å². The van der Waals surface area contributed by atoms with E-state index >= 15 is 0 Å². The number of hydrogen-bond acceptors (Lipinski definition) is 6. The van der Waals surface area contributed by atoms with Crippen LogP contribution in [0.3, 0.4) is 0 Å². The van der Waals surface area contributed by atoms with E-state index in [0.717, 1.165) is 27.1 Å². The molecular formula is C17H25N4O2S2+. The molecule has 2 rings (SSSR count). The van der Waals surface area contributed by atoms with Crippen LogP contribution in [0, 0.1) is 10.9 Å². The molecule has 25 heavy (non-hydrogen) atoms. The number of methoxy groups -OCH3 is 2. The molecule has 0 aliphatic carbocycles. The SMILES string of the molecule is C=CCNc1nn(C[NH+](C)Cc2cc(OC)c(OC)cc2C)c(=S)s1. The Hall–Kier alpha value is -1.90. The summed E-state index contributed by atoms with van der Waals surface area (Å²) in [4.78, 5) is 1.27. The largest absolute Gasteiger partial charge is 0.493 e. The number of rotatable bonds is 9. The molecule has 0 radical (unpaired) electrons. The van der Waals surface area contributed by atoms with Gasteiger partial charge >= 0.3 is 0 Å². The summed E-state index contributed by atoms with van der Waals surface area (Å²) in [5, 5.41) is 8.52. The van der Waals surface area contributed by atoms with Crippen LogP contribution in [0.15, 0.2) is 24.8 Å². The lowest BCUT2D eigenvalue weighted by Gasteiger charge is -2.17. The Bertz CT molecular complexity index is 785. The molecule has 0 amide bonds. The number of hydrogen-bond donors (Lipinski definition) is 2. The molecule has 0 spiro atoms. The van der Waals surface area contributed by atoms with Crippen molar-refractivity contribution in [1.82, 2.24) is 9.78 Å². The average Bonchev–Trinajstić information content (AvgIpc) is 2.93. The number of benzene rings is 1. The fourth-order valence-electron chi connectivity index (χ4n) is 2.49. The summed E-state index contributed by atoms with van der Waals surface area (Å²) in [6.45, 7) is 7.98. The van der Waals surface area contributed by atoms with Crippen molar-refractivity contribution in [3.8, 4) is 11.5 Å². The lowest BCUT2D eigenvalue weighted by molar-refractivity contribution is -0.917. The molecule has 6 nitrogen and oxygen atoms in total. The van der Waals surface area contributed by atoms with Crippen molar-refractivity contribution < 1.29 is 14.4 Å². The number of nitrogens with one attached hydrogen (secondary N) is 2. The Labute approximate surface area is 157 Å². The van der Waals surface area contributed by atoms with Gasteiger partial charge in [0, 0.05) is 12.1 Å². The van der Waals surface area contributed by atoms with Gasteiger partial charge in [0.15, 0.2) is 22.1 Å². The van der Waals surface area contributed by atoms with E-state index in [0.29, 0.717) is 13.2 Å². The lowest BCUT2D eigenvalue weighted by atomic mass is 10.1. The van der Waals surface area contributed by atoms with Gasteiger partial charge in [0.1, 0.15) is 6.54 Å². The summed E-state index contributed by atoms with van der Waals surface area (Å²) < 4.78 is 13.4. The minimum atomic E-state index is 0.676. The highest BCUT2D eigenvalue weighted by Gasteiger charge is 2.14. The molecule has 0 saturated heterocycles. The normalized spacial score (nSPS) is 11.8. The van der Waals surface area contributed by atoms with Gasteiger partial charge in [0.25, 0.3) is 0 Å². The Morgan fingerprint density at radius 3 is 2.68 bits per heavy atom. The molecule has 1 heterocycles. The molecule has 1 aromatic carbocycles. The third kappa shape index (κ3) is 5.04. The first-order valence-corrected chi connectivity index (χ1v) is 9.16. The third-order valence-electron chi connectivity index (χ3n) is 3.76. The van der Waals surface area contributed by atoms with Crippen LogP contribution >= 0.6 is 23.6 Å². The second kappa shape index (κ2) is 8.98. The Balaban J connectivity index is 2.10. The molecule has 0 bridgehead atoms. The first-order valence-electron chi connectivity index (χ1n) is 7.94. The molecule has 1 unspecified atom stereocenters. The number of anilines is 1. The highest BCUT2D eigenvalue weighted by Crippen LogP contribution is 2.29. The van der Waals surface area contributed by atoms with Gasteiger partial charge < -0.3 is 19.7 Å². The number of aryl methyl sites for hydroxylation is 1. The zero-order valence-corrected chi connectivity index (χ0v) is 16.7. The van der Waals surface area contributed by atoms with Gasteiger partial charge in [-0.25, -0.2) is 0 Å². The van der Waals surface area contributed by atoms with E-state index in [1.54, 1.807) is 20.3 Å². The summed E-state index contributed by atoms with van der Waals surface area (Å²) in [6, 6.07) is 4.04. The molecular weight excluding hydrogens is 356 g/mol. The summed E-state index contributed by atoms with van der Waals surface area (Å²) in [7, 11) is 5.42. The van der Waals surface area contributed by atoms with Gasteiger partial charge in [-0.3, -0.25) is 0 Å². The minimum absolute atomic E-state index is 0.676. The number of aromatic nitrogens is 2. The average molecular weight is 382 g/mol. The molecule has 0 aliphatic rings. The van der Waals surface area contributed by atoms with Crippen LogP contribution < -0.4 is 19.7 Å². The van der Waals surface area contributed by atoms with Crippen LogP contribution in [0.4, 0.5) is 5.13 Å². The fourth-order valence-corrected chi connectivity index (χ4v) is 3.50. The van der Waals surface area contributed by atoms with Gasteiger partial charge in [0.05, 0.1) is 21.3 Å². The monoisotopic (exact) mass is 381 g/mol. The van der Waals surface area contributed by atoms with Crippen molar-refractivity contribution in [1.29, 1.82) is 0 Å². The first kappa shape index (κ1) is 19.4. The summed E-state index contributed by atoms with van der Waals surface area (Å²) in [5.74, 6) is 1.50. The zero-order valence-electron chi connectivity index (χ0n) is 15.1. The maximum atomic E-state index is 5.41. The molecule has 2 aromatic rings. The Kier molecular flexibility index (Phi) is 6.98. The van der Waals surface area contributed by atoms with Gasteiger partial charge in [-0.1, -0.05) is 17.4 Å². The second-order valence-electron chi connectivity index (χ2n) is 5.77. The molecule has 0 aliphatic heterocycles. The number of nitrogens with zero attached hydrogens (tertiary/aromatic N) is 2. The van der Waals surface area contributed by atoms with Crippen LogP contribution in [0.5, 0.6) is 11.5 Å². The highest BCUT2D eigenvalue weighted by atomic mass is 32.1. The van der Waals surface area contributed by atoms with E-state index < -0.39 is 0 Å². The minimum Gasteiger partial charge on any atom is -0.493 e. The molecule has 2 N–H and O–H groups in total. The van der Waals surface area contributed by atoms with Gasteiger partial charge in [-0.05, 0) is 36.8 Å². The zero-order chi connectivity index (χ0) is 18.4. The van der Waals surface area contributed by atoms with Crippen molar-refractivity contribution >= 4 is 28.7 Å². The topological polar surface area (TPSA) is 52.8 Å². The summed E-state index contributed by atoms with van der Waals surface area (Å²) in [6.07, 6.45) is 1.80. The van der Waals surface area contributed by atoms with Crippen molar-refractivity contribution in [2.24, 2.45) is 0 Å². The fraction of sp³-hybridized carbons (Fsp3) is 0.412. The maximum absolute atomic E-state index is 5.41. The summed E-state index contributed by atoms with van der Waals surface area (Å²) >= 11 is 6.88. The van der Waals surface area contributed by atoms with Crippen molar-refractivity contribution in [3.05, 3.63) is 39.9 Å². The van der Waals surface area contributed by atoms with E-state index in [1.807, 2.05) is 16.8 Å². The molecule has 0 saturated carbocycles. The van der Waals surface area contributed by atoms with E-state index in [9.17, 15) is 0 Å². The standard InChI is InChI=1S/C17H24N4O2S2/c1-6-7-18-16-19-21(17(24)25-16)11-20(3)10-13-9-15(23-5)14(22-4)8-12(13)2/h6,8-9H,1,7,10-11H2,2-5H3,(H,18,19)/p+1. The van der Waals surface area contributed by atoms with Crippen molar-refractivity contribution in [2.75, 3.05) is 33.1 Å². The van der Waals surface area contributed by atoms with Crippen LogP contribution in [0.1, 0.15) is 11.1 Å². The predicted molar refractivity (Wildman–Crippen MR) is 104 cm³/mol. The van der Waals surface area contributed by atoms with Gasteiger partial charge in [-0.2, -0.15) is 4.68 Å². The molecule has 8 heteroatoms. The van der Waals surface area contributed by atoms with E-state index in [-0.39, 0.29) is 0 Å². The van der Waals surface area contributed by atoms with E-state index in [1.165, 1.54) is 27.4 Å². The first-order chi connectivity index (χ1) is 12.0. The molecule has 0 fully saturated rings. The van der Waals surface area contributed by atoms with Crippen LogP contribution in [0.25, 0.3) is 0 Å². The van der Waals surface area contributed by atoms with E-state index in [4.69, 9.17) is 21.7 Å². The maximum Gasteiger partial charge on any atom is 0.205 e. The number of ether oxygens (including phenoxy) is 2. The van der Waals surface area contributed by atoms with Gasteiger partial charge in [0.2, 0.25) is 5.13 Å². The Morgan fingerprint density at radius 1 is 1.36 bits per heavy atom. The quantitative estimate of drug-likeness (QED) is 0.516. The number of quaternary nitrogens is 1. The lowest BCUT2D eigenvalue weighted by Crippen LogP contribution is -3.07. The molecule has 1 aromatic heterocycles. The summed E-state index contributed by atoms with van der Waals surface area (Å²) in [5.41, 5.74) is 2.38. The third-order valence-corrected chi connectivity index (χ3v) is 5.02. The van der Waals surface area contributed by atoms with Crippen LogP contribution in [-0.2, 0) is 13.2 Å². The smallest absolute Gasteiger partial charge is 0.205 e. The van der Waals surface area contributed by atoms with Crippen LogP contribution in [0.2, 0.25) is 0 Å². The molecule has 136 valence electrons. The van der Waals surface area contributed by atoms with Crippen LogP contribution in [-0.4, -0.2) is 37.6 Å². The molecule has 1 atom stereocenters. The highest BCUT2D eigenvalue weighted by molar-refractivity contribution is 7.73. The van der Waals surface area contributed by atoms with Crippen molar-refractivity contribution in [2.45, 2.75) is 20.1 Å². The Morgan fingerprint density at radius 2 is 2.04 bits per heavy atom. The van der Waals surface area contributed by atoms with E-state index in [2.05, 4.69) is 31.0 Å². The predicted octanol–water partition coefficient (Wildman–Crippen LogP) is 2.27. The second-order valence-corrected chi connectivity index (χ2v) is 7.39.